The van der Waals surface area contributed by atoms with E-state index in [0.29, 0.717) is 5.56 Å². The van der Waals surface area contributed by atoms with Crippen LogP contribution in [-0.2, 0) is 9.53 Å². The fourth-order valence-electron chi connectivity index (χ4n) is 3.92. The summed E-state index contributed by atoms with van der Waals surface area (Å²) in [7, 11) is 0. The standard InChI is InChI=1S/C27H25FN4O5/c1-26(2,3)37-25(36)31-27(4)24(35)32(22-18(23(33)34)12-9-15-29-22)20-14-8-6-11-17(20)21(30-27)16-10-5-7-13-19(16)28/h5-15H,1-4H3,(H,31,36)(H,33,34). The molecule has 0 aliphatic carbocycles. The Morgan fingerprint density at radius 1 is 1.03 bits per heavy atom. The highest BCUT2D eigenvalue weighted by molar-refractivity contribution is 6.23. The van der Waals surface area contributed by atoms with Gasteiger partial charge in [0.1, 0.15) is 17.0 Å². The lowest BCUT2D eigenvalue weighted by molar-refractivity contribution is -0.123. The van der Waals surface area contributed by atoms with E-state index in [1.807, 2.05) is 0 Å². The monoisotopic (exact) mass is 504 g/mol. The molecule has 2 amide bonds. The fourth-order valence-corrected chi connectivity index (χ4v) is 3.92. The van der Waals surface area contributed by atoms with E-state index in [-0.39, 0.29) is 28.3 Å². The topological polar surface area (TPSA) is 121 Å². The van der Waals surface area contributed by atoms with Gasteiger partial charge in [0, 0.05) is 17.3 Å². The number of carbonyl (C=O) groups excluding carboxylic acids is 2. The van der Waals surface area contributed by atoms with Crippen LogP contribution in [0.1, 0.15) is 49.2 Å². The van der Waals surface area contributed by atoms with Gasteiger partial charge >= 0.3 is 12.1 Å². The van der Waals surface area contributed by atoms with Crippen molar-refractivity contribution in [2.24, 2.45) is 4.99 Å². The van der Waals surface area contributed by atoms with Gasteiger partial charge < -0.3 is 9.84 Å². The quantitative estimate of drug-likeness (QED) is 0.532. The zero-order valence-electron chi connectivity index (χ0n) is 20.7. The molecule has 2 heterocycles. The van der Waals surface area contributed by atoms with Crippen LogP contribution >= 0.6 is 0 Å². The average Bonchev–Trinajstić information content (AvgIpc) is 2.91. The molecule has 1 unspecified atom stereocenters. The summed E-state index contributed by atoms with van der Waals surface area (Å²) in [6.07, 6.45) is 0.408. The molecular weight excluding hydrogens is 479 g/mol. The van der Waals surface area contributed by atoms with Crippen molar-refractivity contribution < 1.29 is 28.6 Å². The van der Waals surface area contributed by atoms with Crippen molar-refractivity contribution in [3.05, 3.63) is 89.4 Å². The number of benzene rings is 2. The summed E-state index contributed by atoms with van der Waals surface area (Å²) < 4.78 is 20.4. The molecule has 9 nitrogen and oxygen atoms in total. The number of para-hydroxylation sites is 1. The molecule has 0 bridgehead atoms. The van der Waals surface area contributed by atoms with E-state index in [1.165, 1.54) is 43.5 Å². The number of amides is 2. The van der Waals surface area contributed by atoms with Crippen LogP contribution in [0.5, 0.6) is 0 Å². The Morgan fingerprint density at radius 2 is 1.68 bits per heavy atom. The summed E-state index contributed by atoms with van der Waals surface area (Å²) in [4.78, 5) is 48.9. The maximum absolute atomic E-state index is 15.0. The Kier molecular flexibility index (Phi) is 6.51. The van der Waals surface area contributed by atoms with Crippen LogP contribution in [0.4, 0.5) is 20.7 Å². The van der Waals surface area contributed by atoms with Crippen molar-refractivity contribution in [1.82, 2.24) is 10.3 Å². The van der Waals surface area contributed by atoms with E-state index in [9.17, 15) is 19.5 Å². The van der Waals surface area contributed by atoms with E-state index in [0.717, 1.165) is 4.90 Å². The van der Waals surface area contributed by atoms with Gasteiger partial charge in [0.05, 0.1) is 11.4 Å². The molecule has 190 valence electrons. The third-order valence-corrected chi connectivity index (χ3v) is 5.46. The first kappa shape index (κ1) is 25.5. The molecule has 2 N–H and O–H groups in total. The Morgan fingerprint density at radius 3 is 2.32 bits per heavy atom. The number of rotatable bonds is 4. The van der Waals surface area contributed by atoms with Crippen LogP contribution in [0.3, 0.4) is 0 Å². The molecule has 1 aromatic heterocycles. The van der Waals surface area contributed by atoms with Gasteiger partial charge in [0.2, 0.25) is 5.66 Å². The highest BCUT2D eigenvalue weighted by Crippen LogP contribution is 2.37. The van der Waals surface area contributed by atoms with E-state index in [4.69, 9.17) is 4.74 Å². The molecule has 1 aliphatic heterocycles. The average molecular weight is 505 g/mol. The van der Waals surface area contributed by atoms with Crippen molar-refractivity contribution >= 4 is 35.2 Å². The van der Waals surface area contributed by atoms with Gasteiger partial charge in [-0.15, -0.1) is 0 Å². The second-order valence-corrected chi connectivity index (χ2v) is 9.48. The van der Waals surface area contributed by atoms with Crippen molar-refractivity contribution in [3.63, 3.8) is 0 Å². The first-order valence-electron chi connectivity index (χ1n) is 11.4. The summed E-state index contributed by atoms with van der Waals surface area (Å²) in [5.74, 6) is -2.91. The molecule has 0 radical (unpaired) electrons. The van der Waals surface area contributed by atoms with Gasteiger partial charge in [-0.3, -0.25) is 15.0 Å². The van der Waals surface area contributed by atoms with Gasteiger partial charge in [-0.25, -0.2) is 24.0 Å². The Labute approximate surface area is 212 Å². The number of benzodiazepines with no additional fused rings is 1. The number of carboxylic acids is 1. The summed E-state index contributed by atoms with van der Waals surface area (Å²) >= 11 is 0. The number of aromatic nitrogens is 1. The molecule has 1 aliphatic rings. The smallest absolute Gasteiger partial charge is 0.409 e. The number of hydrogen-bond acceptors (Lipinski definition) is 6. The van der Waals surface area contributed by atoms with Gasteiger partial charge in [-0.2, -0.15) is 0 Å². The number of halogens is 1. The van der Waals surface area contributed by atoms with Crippen molar-refractivity contribution in [3.8, 4) is 0 Å². The summed E-state index contributed by atoms with van der Waals surface area (Å²) in [5, 5.41) is 12.3. The molecule has 10 heteroatoms. The normalized spacial score (nSPS) is 17.4. The molecule has 0 fully saturated rings. The van der Waals surface area contributed by atoms with Gasteiger partial charge in [0.15, 0.2) is 5.82 Å². The number of carboxylic acid groups (broad SMARTS) is 1. The lowest BCUT2D eigenvalue weighted by atomic mass is 9.99. The Hall–Kier alpha value is -4.60. The molecule has 3 aromatic rings. The summed E-state index contributed by atoms with van der Waals surface area (Å²) in [6, 6.07) is 15.2. The minimum absolute atomic E-state index is 0.0796. The summed E-state index contributed by atoms with van der Waals surface area (Å²) in [5.41, 5.74) is -2.46. The largest absolute Gasteiger partial charge is 0.478 e. The number of nitrogens with one attached hydrogen (secondary N) is 1. The molecule has 0 spiro atoms. The van der Waals surface area contributed by atoms with Crippen LogP contribution in [0.25, 0.3) is 0 Å². The van der Waals surface area contributed by atoms with Crippen molar-refractivity contribution in [1.29, 1.82) is 0 Å². The third kappa shape index (κ3) is 5.04. The predicted molar refractivity (Wildman–Crippen MR) is 135 cm³/mol. The highest BCUT2D eigenvalue weighted by atomic mass is 19.1. The van der Waals surface area contributed by atoms with E-state index < -0.39 is 35.1 Å². The number of fused-ring (bicyclic) bond motifs is 1. The lowest BCUT2D eigenvalue weighted by Gasteiger charge is -2.31. The Balaban J connectivity index is 2.01. The van der Waals surface area contributed by atoms with Gasteiger partial charge in [0.25, 0.3) is 5.91 Å². The molecule has 0 saturated carbocycles. The SMILES string of the molecule is CC(C)(C)OC(=O)NC1(C)N=C(c2ccccc2F)c2ccccc2N(c2ncccc2C(=O)O)C1=O. The van der Waals surface area contributed by atoms with Crippen LogP contribution in [-0.4, -0.2) is 45.0 Å². The number of aliphatic imine (C=N–C) groups is 1. The van der Waals surface area contributed by atoms with Gasteiger partial charge in [-0.1, -0.05) is 30.3 Å². The molecule has 0 saturated heterocycles. The summed E-state index contributed by atoms with van der Waals surface area (Å²) in [6.45, 7) is 6.31. The zero-order valence-corrected chi connectivity index (χ0v) is 20.7. The van der Waals surface area contributed by atoms with Crippen LogP contribution in [0.15, 0.2) is 71.9 Å². The molecule has 1 atom stereocenters. The van der Waals surface area contributed by atoms with Crippen molar-refractivity contribution in [2.45, 2.75) is 39.0 Å². The van der Waals surface area contributed by atoms with Gasteiger partial charge in [-0.05, 0) is 58.0 Å². The van der Waals surface area contributed by atoms with Crippen LogP contribution in [0, 0.1) is 5.82 Å². The first-order chi connectivity index (χ1) is 17.4. The number of aromatic carboxylic acids is 1. The van der Waals surface area contributed by atoms with Crippen LogP contribution < -0.4 is 10.2 Å². The van der Waals surface area contributed by atoms with E-state index in [1.54, 1.807) is 51.1 Å². The molecule has 4 rings (SSSR count). The molecule has 2 aromatic carbocycles. The Bertz CT molecular complexity index is 1430. The number of anilines is 2. The fraction of sp³-hybridized carbons (Fsp3) is 0.222. The maximum atomic E-state index is 15.0. The first-order valence-corrected chi connectivity index (χ1v) is 11.4. The lowest BCUT2D eigenvalue weighted by Crippen LogP contribution is -2.56. The maximum Gasteiger partial charge on any atom is 0.409 e. The number of ether oxygens (including phenoxy) is 1. The third-order valence-electron chi connectivity index (χ3n) is 5.46. The second-order valence-electron chi connectivity index (χ2n) is 9.48. The number of nitrogens with zero attached hydrogens (tertiary/aromatic N) is 3. The number of carbonyl (C=O) groups is 3. The number of alkyl carbamates (subject to hydrolysis) is 1. The molecule has 37 heavy (non-hydrogen) atoms. The van der Waals surface area contributed by atoms with E-state index in [2.05, 4.69) is 15.3 Å². The second kappa shape index (κ2) is 9.45. The van der Waals surface area contributed by atoms with E-state index >= 15 is 4.39 Å². The highest BCUT2D eigenvalue weighted by Gasteiger charge is 2.45. The predicted octanol–water partition coefficient (Wildman–Crippen LogP) is 4.68. The van der Waals surface area contributed by atoms with Crippen LogP contribution in [0.2, 0.25) is 0 Å². The number of hydrogen-bond donors (Lipinski definition) is 2. The minimum Gasteiger partial charge on any atom is -0.478 e. The number of pyridine rings is 1. The zero-order chi connectivity index (χ0) is 27.0. The minimum atomic E-state index is -2.04. The molecular formula is C27H25FN4O5. The van der Waals surface area contributed by atoms with Crippen molar-refractivity contribution in [2.75, 3.05) is 4.90 Å².